The van der Waals surface area contributed by atoms with Crippen LogP contribution in [0.3, 0.4) is 0 Å². The zero-order valence-corrected chi connectivity index (χ0v) is 16.8. The average molecular weight is 425 g/mol. The highest BCUT2D eigenvalue weighted by atomic mass is 19.1. The van der Waals surface area contributed by atoms with E-state index in [9.17, 15) is 18.7 Å². The Labute approximate surface area is 177 Å². The monoisotopic (exact) mass is 425 g/mol. The second-order valence-corrected chi connectivity index (χ2v) is 7.58. The first-order valence-corrected chi connectivity index (χ1v) is 9.78. The topological polar surface area (TPSA) is 100 Å². The van der Waals surface area contributed by atoms with Gasteiger partial charge in [0.15, 0.2) is 0 Å². The summed E-state index contributed by atoms with van der Waals surface area (Å²) in [4.78, 5) is 24.5. The number of alkyl halides is 1. The highest BCUT2D eigenvalue weighted by molar-refractivity contribution is 5.95. The Morgan fingerprint density at radius 2 is 1.97 bits per heavy atom. The maximum absolute atomic E-state index is 14.3. The van der Waals surface area contributed by atoms with Crippen LogP contribution in [-0.2, 0) is 5.41 Å². The third-order valence-electron chi connectivity index (χ3n) is 5.52. The van der Waals surface area contributed by atoms with Crippen LogP contribution in [0.5, 0.6) is 5.75 Å². The number of aromatic nitrogens is 3. The number of rotatable bonds is 6. The predicted molar refractivity (Wildman–Crippen MR) is 111 cm³/mol. The van der Waals surface area contributed by atoms with Crippen LogP contribution in [0.4, 0.5) is 14.7 Å². The van der Waals surface area contributed by atoms with Gasteiger partial charge in [0.05, 0.1) is 5.69 Å². The van der Waals surface area contributed by atoms with Crippen molar-refractivity contribution in [3.8, 4) is 16.9 Å². The fourth-order valence-corrected chi connectivity index (χ4v) is 3.85. The summed E-state index contributed by atoms with van der Waals surface area (Å²) in [5.41, 5.74) is 0.810. The molecule has 1 fully saturated rings. The maximum atomic E-state index is 14.3. The number of hydrogen-bond acceptors (Lipinski definition) is 6. The van der Waals surface area contributed by atoms with Crippen molar-refractivity contribution >= 4 is 11.9 Å². The largest absolute Gasteiger partial charge is 0.507 e. The fraction of sp³-hybridized carbons (Fsp3) is 0.273. The van der Waals surface area contributed by atoms with Crippen molar-refractivity contribution in [1.82, 2.24) is 20.3 Å². The van der Waals surface area contributed by atoms with E-state index in [-0.39, 0.29) is 42.7 Å². The van der Waals surface area contributed by atoms with E-state index in [0.29, 0.717) is 16.7 Å². The molecule has 2 heterocycles. The summed E-state index contributed by atoms with van der Waals surface area (Å²) < 4.78 is 27.9. The van der Waals surface area contributed by atoms with Crippen molar-refractivity contribution in [3.05, 3.63) is 66.0 Å². The number of halogens is 2. The molecule has 0 radical (unpaired) electrons. The third-order valence-corrected chi connectivity index (χ3v) is 5.52. The lowest BCUT2D eigenvalue weighted by Gasteiger charge is -2.43. The Balaban J connectivity index is 1.52. The summed E-state index contributed by atoms with van der Waals surface area (Å²) >= 11 is 0. The molecule has 0 spiro atoms. The Hall–Kier alpha value is -3.62. The van der Waals surface area contributed by atoms with Gasteiger partial charge in [0.2, 0.25) is 5.95 Å². The number of benzene rings is 1. The Morgan fingerprint density at radius 1 is 1.23 bits per heavy atom. The minimum atomic E-state index is -0.998. The molecule has 3 aromatic rings. The van der Waals surface area contributed by atoms with Gasteiger partial charge >= 0.3 is 0 Å². The van der Waals surface area contributed by atoms with Crippen LogP contribution in [0.2, 0.25) is 0 Å². The van der Waals surface area contributed by atoms with Crippen molar-refractivity contribution in [2.45, 2.75) is 24.4 Å². The number of phenolic OH excluding ortho intramolecular Hbond substituents is 1. The van der Waals surface area contributed by atoms with Crippen LogP contribution < -0.4 is 10.6 Å². The molecule has 0 aliphatic heterocycles. The zero-order chi connectivity index (χ0) is 22.0. The van der Waals surface area contributed by atoms with Crippen molar-refractivity contribution in [1.29, 1.82) is 0 Å². The van der Waals surface area contributed by atoms with Crippen molar-refractivity contribution in [2.24, 2.45) is 0 Å². The summed E-state index contributed by atoms with van der Waals surface area (Å²) in [7, 11) is 1.52. The number of amides is 1. The third kappa shape index (κ3) is 4.03. The van der Waals surface area contributed by atoms with Crippen molar-refractivity contribution in [3.63, 3.8) is 0 Å². The van der Waals surface area contributed by atoms with Gasteiger partial charge in [-0.05, 0) is 43.2 Å². The molecule has 1 saturated carbocycles. The van der Waals surface area contributed by atoms with E-state index in [4.69, 9.17) is 0 Å². The Kier molecular flexibility index (Phi) is 5.50. The number of nitrogens with one attached hydrogen (secondary N) is 2. The van der Waals surface area contributed by atoms with Gasteiger partial charge in [-0.1, -0.05) is 0 Å². The molecule has 2 aromatic heterocycles. The van der Waals surface area contributed by atoms with Gasteiger partial charge in [-0.25, -0.2) is 18.7 Å². The number of pyridine rings is 1. The second kappa shape index (κ2) is 8.25. The first-order chi connectivity index (χ1) is 14.9. The van der Waals surface area contributed by atoms with Crippen molar-refractivity contribution < 1.29 is 18.7 Å². The number of aromatic hydroxyl groups is 1. The van der Waals surface area contributed by atoms with Crippen LogP contribution in [0.15, 0.2) is 48.9 Å². The van der Waals surface area contributed by atoms with E-state index in [2.05, 4.69) is 25.6 Å². The van der Waals surface area contributed by atoms with Gasteiger partial charge in [0.1, 0.15) is 17.7 Å². The molecule has 160 valence electrons. The van der Waals surface area contributed by atoms with Gasteiger partial charge in [0.25, 0.3) is 5.91 Å². The first-order valence-electron chi connectivity index (χ1n) is 9.78. The summed E-state index contributed by atoms with van der Waals surface area (Å²) in [6, 6.07) is 7.32. The zero-order valence-electron chi connectivity index (χ0n) is 16.8. The Morgan fingerprint density at radius 3 is 2.61 bits per heavy atom. The number of anilines is 1. The molecular formula is C22H21F2N5O2. The smallest absolute Gasteiger partial charge is 0.251 e. The Bertz CT molecular complexity index is 1100. The molecule has 3 N–H and O–H groups in total. The lowest BCUT2D eigenvalue weighted by atomic mass is 9.65. The summed E-state index contributed by atoms with van der Waals surface area (Å²) in [5.74, 6) is -0.466. The van der Waals surface area contributed by atoms with Gasteiger partial charge < -0.3 is 15.7 Å². The number of nitrogens with zero attached hydrogens (tertiary/aromatic N) is 3. The lowest BCUT2D eigenvalue weighted by molar-refractivity contribution is 0.0958. The standard InChI is InChI=1S/C22H21F2N5O2/c1-25-20(31)13-4-5-18(30)16(7-13)14-10-27-21(28-11-14)29-12-22(8-15(23)9-22)19-17(24)3-2-6-26-19/h2-7,10-11,15,30H,8-9,12H2,1H3,(H,25,31)(H,27,28,29). The summed E-state index contributed by atoms with van der Waals surface area (Å²) in [6.07, 6.45) is 3.85. The van der Waals surface area contributed by atoms with Crippen LogP contribution in [0.1, 0.15) is 28.9 Å². The number of carbonyl (C=O) groups is 1. The molecule has 4 rings (SSSR count). The van der Waals surface area contributed by atoms with Crippen LogP contribution in [0, 0.1) is 5.82 Å². The SMILES string of the molecule is CNC(=O)c1ccc(O)c(-c2cnc(NCC3(c4ncccc4F)CC(F)C3)nc2)c1. The molecule has 0 bridgehead atoms. The van der Waals surface area contributed by atoms with E-state index in [1.165, 1.54) is 49.9 Å². The van der Waals surface area contributed by atoms with Crippen molar-refractivity contribution in [2.75, 3.05) is 18.9 Å². The molecule has 1 amide bonds. The lowest BCUT2D eigenvalue weighted by Crippen LogP contribution is -2.49. The summed E-state index contributed by atoms with van der Waals surface area (Å²) in [6.45, 7) is 0.234. The van der Waals surface area contributed by atoms with E-state index in [1.807, 2.05) is 0 Å². The summed E-state index contributed by atoms with van der Waals surface area (Å²) in [5, 5.41) is 15.7. The quantitative estimate of drug-likeness (QED) is 0.561. The van der Waals surface area contributed by atoms with E-state index in [0.717, 1.165) is 0 Å². The van der Waals surface area contributed by atoms with Crippen LogP contribution in [-0.4, -0.2) is 45.7 Å². The van der Waals surface area contributed by atoms with E-state index >= 15 is 0 Å². The molecule has 0 atom stereocenters. The molecule has 0 unspecified atom stereocenters. The molecule has 7 nitrogen and oxygen atoms in total. The predicted octanol–water partition coefficient (Wildman–Crippen LogP) is 3.22. The number of carbonyl (C=O) groups excluding carboxylic acids is 1. The van der Waals surface area contributed by atoms with Crippen LogP contribution in [0.25, 0.3) is 11.1 Å². The minimum absolute atomic E-state index is 0.00926. The highest BCUT2D eigenvalue weighted by Gasteiger charge is 2.48. The van der Waals surface area contributed by atoms with E-state index in [1.54, 1.807) is 6.07 Å². The molecule has 9 heteroatoms. The molecule has 1 aliphatic rings. The van der Waals surface area contributed by atoms with E-state index < -0.39 is 17.4 Å². The van der Waals surface area contributed by atoms with Gasteiger partial charge in [-0.15, -0.1) is 0 Å². The fourth-order valence-electron chi connectivity index (χ4n) is 3.85. The molecule has 0 saturated heterocycles. The minimum Gasteiger partial charge on any atom is -0.507 e. The maximum Gasteiger partial charge on any atom is 0.251 e. The highest BCUT2D eigenvalue weighted by Crippen LogP contribution is 2.45. The van der Waals surface area contributed by atoms with Gasteiger partial charge in [-0.3, -0.25) is 9.78 Å². The number of hydrogen-bond donors (Lipinski definition) is 3. The average Bonchev–Trinajstić information content (AvgIpc) is 2.76. The second-order valence-electron chi connectivity index (χ2n) is 7.58. The number of phenols is 1. The molecular weight excluding hydrogens is 404 g/mol. The molecule has 31 heavy (non-hydrogen) atoms. The van der Waals surface area contributed by atoms with Crippen LogP contribution >= 0.6 is 0 Å². The normalized spacial score (nSPS) is 20.0. The van der Waals surface area contributed by atoms with Gasteiger partial charge in [0, 0.05) is 54.3 Å². The molecule has 1 aliphatic carbocycles. The van der Waals surface area contributed by atoms with Gasteiger partial charge in [-0.2, -0.15) is 0 Å². The molecule has 1 aromatic carbocycles. The first kappa shape index (κ1) is 20.6.